The second-order valence-electron chi connectivity index (χ2n) is 4.59. The van der Waals surface area contributed by atoms with Crippen LogP contribution >= 0.6 is 15.9 Å². The van der Waals surface area contributed by atoms with E-state index < -0.39 is 0 Å². The SMILES string of the molecule is CO[C@H]1CCCC2Oc3ccc(Br)cc3C=C21. The molecule has 2 nitrogen and oxygen atoms in total. The van der Waals surface area contributed by atoms with Gasteiger partial charge in [0.1, 0.15) is 11.9 Å². The Labute approximate surface area is 110 Å². The predicted molar refractivity (Wildman–Crippen MR) is 71.2 cm³/mol. The molecule has 1 aromatic carbocycles. The molecule has 3 heteroatoms. The molecule has 1 heterocycles. The Morgan fingerprint density at radius 1 is 1.35 bits per heavy atom. The van der Waals surface area contributed by atoms with E-state index in [4.69, 9.17) is 9.47 Å². The second kappa shape index (κ2) is 4.46. The molecule has 2 atom stereocenters. The van der Waals surface area contributed by atoms with Gasteiger partial charge in [-0.15, -0.1) is 0 Å². The maximum atomic E-state index is 6.05. The van der Waals surface area contributed by atoms with Crippen LogP contribution in [0.5, 0.6) is 5.75 Å². The molecule has 0 saturated heterocycles. The van der Waals surface area contributed by atoms with Crippen LogP contribution in [0.4, 0.5) is 0 Å². The maximum absolute atomic E-state index is 6.05. The maximum Gasteiger partial charge on any atom is 0.127 e. The van der Waals surface area contributed by atoms with Crippen molar-refractivity contribution < 1.29 is 9.47 Å². The van der Waals surface area contributed by atoms with E-state index in [2.05, 4.69) is 28.1 Å². The number of halogens is 1. The largest absolute Gasteiger partial charge is 0.485 e. The van der Waals surface area contributed by atoms with Crippen molar-refractivity contribution in [3.05, 3.63) is 33.8 Å². The summed E-state index contributed by atoms with van der Waals surface area (Å²) in [5.74, 6) is 0.985. The van der Waals surface area contributed by atoms with Crippen LogP contribution in [-0.4, -0.2) is 19.3 Å². The molecular formula is C14H15BrO2. The molecule has 1 aliphatic heterocycles. The van der Waals surface area contributed by atoms with Crippen LogP contribution < -0.4 is 4.74 Å². The first-order valence-electron chi connectivity index (χ1n) is 5.98. The fourth-order valence-corrected chi connectivity index (χ4v) is 3.05. The minimum absolute atomic E-state index is 0.211. The number of ether oxygens (including phenoxy) is 2. The lowest BCUT2D eigenvalue weighted by atomic mass is 9.86. The first-order valence-corrected chi connectivity index (χ1v) is 6.77. The van der Waals surface area contributed by atoms with Gasteiger partial charge in [0.05, 0.1) is 6.10 Å². The first kappa shape index (κ1) is 11.3. The van der Waals surface area contributed by atoms with Crippen LogP contribution in [0.2, 0.25) is 0 Å². The number of fused-ring (bicyclic) bond motifs is 2. The zero-order valence-electron chi connectivity index (χ0n) is 9.78. The summed E-state index contributed by atoms with van der Waals surface area (Å²) in [5, 5.41) is 0. The molecule has 0 bridgehead atoms. The summed E-state index contributed by atoms with van der Waals surface area (Å²) in [6.07, 6.45) is 6.05. The van der Waals surface area contributed by atoms with Gasteiger partial charge in [-0.05, 0) is 49.1 Å². The molecule has 90 valence electrons. The Kier molecular flexibility index (Phi) is 2.97. The molecule has 0 N–H and O–H groups in total. The Morgan fingerprint density at radius 3 is 3.06 bits per heavy atom. The van der Waals surface area contributed by atoms with Crippen molar-refractivity contribution in [3.63, 3.8) is 0 Å². The van der Waals surface area contributed by atoms with Gasteiger partial charge in [0, 0.05) is 17.1 Å². The minimum atomic E-state index is 0.211. The van der Waals surface area contributed by atoms with Gasteiger partial charge in [-0.25, -0.2) is 0 Å². The highest BCUT2D eigenvalue weighted by Gasteiger charge is 2.32. The summed E-state index contributed by atoms with van der Waals surface area (Å²) in [7, 11) is 1.78. The zero-order chi connectivity index (χ0) is 11.8. The minimum Gasteiger partial charge on any atom is -0.485 e. The number of methoxy groups -OCH3 is 1. The summed E-state index contributed by atoms with van der Waals surface area (Å²) in [5.41, 5.74) is 2.44. The van der Waals surface area contributed by atoms with Gasteiger partial charge in [-0.1, -0.05) is 15.9 Å². The summed E-state index contributed by atoms with van der Waals surface area (Å²) < 4.78 is 12.7. The van der Waals surface area contributed by atoms with Crippen LogP contribution in [0.1, 0.15) is 24.8 Å². The van der Waals surface area contributed by atoms with E-state index in [1.54, 1.807) is 7.11 Å². The van der Waals surface area contributed by atoms with Gasteiger partial charge in [-0.2, -0.15) is 0 Å². The van der Waals surface area contributed by atoms with Gasteiger partial charge in [0.2, 0.25) is 0 Å². The molecule has 0 amide bonds. The van der Waals surface area contributed by atoms with E-state index in [0.29, 0.717) is 0 Å². The van der Waals surface area contributed by atoms with Gasteiger partial charge < -0.3 is 9.47 Å². The van der Waals surface area contributed by atoms with E-state index in [1.807, 2.05) is 12.1 Å². The fraction of sp³-hybridized carbons (Fsp3) is 0.429. The van der Waals surface area contributed by atoms with Crippen LogP contribution in [0.3, 0.4) is 0 Å². The molecule has 1 aromatic rings. The van der Waals surface area contributed by atoms with Gasteiger partial charge >= 0.3 is 0 Å². The standard InChI is InChI=1S/C14H15BrO2/c1-16-13-3-2-4-14-11(13)8-9-7-10(15)5-6-12(9)17-14/h5-8,13-14H,2-4H2,1H3/t13-,14?/m0/s1. The van der Waals surface area contributed by atoms with Crippen LogP contribution in [0.25, 0.3) is 6.08 Å². The van der Waals surface area contributed by atoms with Crippen molar-refractivity contribution in [1.29, 1.82) is 0 Å². The number of hydrogen-bond acceptors (Lipinski definition) is 2. The highest BCUT2D eigenvalue weighted by atomic mass is 79.9. The third-order valence-electron chi connectivity index (χ3n) is 3.52. The van der Waals surface area contributed by atoms with E-state index >= 15 is 0 Å². The molecule has 1 unspecified atom stereocenters. The predicted octanol–water partition coefficient (Wildman–Crippen LogP) is 3.79. The van der Waals surface area contributed by atoms with Crippen molar-refractivity contribution in [1.82, 2.24) is 0 Å². The average Bonchev–Trinajstić information content (AvgIpc) is 2.35. The highest BCUT2D eigenvalue weighted by Crippen LogP contribution is 2.38. The van der Waals surface area contributed by atoms with Gasteiger partial charge in [0.25, 0.3) is 0 Å². The monoisotopic (exact) mass is 294 g/mol. The molecule has 17 heavy (non-hydrogen) atoms. The molecular weight excluding hydrogens is 280 g/mol. The fourth-order valence-electron chi connectivity index (χ4n) is 2.67. The zero-order valence-corrected chi connectivity index (χ0v) is 11.4. The number of rotatable bonds is 1. The van der Waals surface area contributed by atoms with Crippen LogP contribution in [-0.2, 0) is 4.74 Å². The molecule has 0 aromatic heterocycles. The van der Waals surface area contributed by atoms with Crippen molar-refractivity contribution in [2.45, 2.75) is 31.5 Å². The Balaban J connectivity index is 2.03. The number of hydrogen-bond donors (Lipinski definition) is 0. The van der Waals surface area contributed by atoms with Crippen LogP contribution in [0, 0.1) is 0 Å². The normalized spacial score (nSPS) is 26.6. The quantitative estimate of drug-likeness (QED) is 0.784. The summed E-state index contributed by atoms with van der Waals surface area (Å²) in [6.45, 7) is 0. The summed E-state index contributed by atoms with van der Waals surface area (Å²) in [4.78, 5) is 0. The lowest BCUT2D eigenvalue weighted by molar-refractivity contribution is 0.0719. The lowest BCUT2D eigenvalue weighted by Gasteiger charge is -2.35. The van der Waals surface area contributed by atoms with E-state index in [1.165, 1.54) is 12.0 Å². The summed E-state index contributed by atoms with van der Waals surface area (Å²) >= 11 is 3.49. The molecule has 1 fully saturated rings. The first-order chi connectivity index (χ1) is 8.28. The van der Waals surface area contributed by atoms with E-state index in [-0.39, 0.29) is 12.2 Å². The topological polar surface area (TPSA) is 18.5 Å². The Bertz CT molecular complexity index is 467. The average molecular weight is 295 g/mol. The molecule has 0 radical (unpaired) electrons. The van der Waals surface area contributed by atoms with Gasteiger partial charge in [0.15, 0.2) is 0 Å². The number of benzene rings is 1. The van der Waals surface area contributed by atoms with E-state index in [0.717, 1.165) is 28.6 Å². The van der Waals surface area contributed by atoms with Crippen molar-refractivity contribution in [2.75, 3.05) is 7.11 Å². The van der Waals surface area contributed by atoms with Gasteiger partial charge in [-0.3, -0.25) is 0 Å². The molecule has 0 spiro atoms. The molecule has 1 aliphatic carbocycles. The second-order valence-corrected chi connectivity index (χ2v) is 5.50. The van der Waals surface area contributed by atoms with E-state index in [9.17, 15) is 0 Å². The molecule has 1 saturated carbocycles. The highest BCUT2D eigenvalue weighted by molar-refractivity contribution is 9.10. The Hall–Kier alpha value is -0.800. The summed E-state index contributed by atoms with van der Waals surface area (Å²) in [6, 6.07) is 6.15. The third kappa shape index (κ3) is 2.02. The third-order valence-corrected chi connectivity index (χ3v) is 4.02. The molecule has 2 aliphatic rings. The van der Waals surface area contributed by atoms with Crippen molar-refractivity contribution in [3.8, 4) is 5.75 Å². The molecule has 3 rings (SSSR count). The lowest BCUT2D eigenvalue weighted by Crippen LogP contribution is -2.34. The Morgan fingerprint density at radius 2 is 2.24 bits per heavy atom. The van der Waals surface area contributed by atoms with Crippen molar-refractivity contribution >= 4 is 22.0 Å². The van der Waals surface area contributed by atoms with Crippen LogP contribution in [0.15, 0.2) is 28.2 Å². The van der Waals surface area contributed by atoms with Crippen molar-refractivity contribution in [2.24, 2.45) is 0 Å². The smallest absolute Gasteiger partial charge is 0.127 e.